The average molecular weight is 236 g/mol. The van der Waals surface area contributed by atoms with Crippen LogP contribution in [0.25, 0.3) is 0 Å². The molecule has 0 saturated heterocycles. The molecule has 1 rings (SSSR count). The Bertz CT molecular complexity index is 412. The van der Waals surface area contributed by atoms with E-state index in [1.165, 1.54) is 7.11 Å². The van der Waals surface area contributed by atoms with E-state index in [1.54, 1.807) is 6.92 Å². The number of aliphatic carboxylic acids is 1. The fraction of sp³-hybridized carbons (Fsp3) is 0.385. The van der Waals surface area contributed by atoms with Gasteiger partial charge in [0.15, 0.2) is 0 Å². The van der Waals surface area contributed by atoms with E-state index < -0.39 is 5.97 Å². The Morgan fingerprint density at radius 2 is 2.00 bits per heavy atom. The number of carbonyl (C=O) groups is 2. The van der Waals surface area contributed by atoms with Crippen LogP contribution in [0.2, 0.25) is 0 Å². The second-order valence-corrected chi connectivity index (χ2v) is 3.84. The van der Waals surface area contributed by atoms with Gasteiger partial charge in [0.2, 0.25) is 0 Å². The number of ether oxygens (including phenoxy) is 1. The second-order valence-electron chi connectivity index (χ2n) is 3.84. The van der Waals surface area contributed by atoms with Crippen LogP contribution in [0, 0.1) is 0 Å². The third kappa shape index (κ3) is 3.59. The van der Waals surface area contributed by atoms with Crippen molar-refractivity contribution in [2.45, 2.75) is 25.7 Å². The van der Waals surface area contributed by atoms with Crippen molar-refractivity contribution in [3.8, 4) is 0 Å². The van der Waals surface area contributed by atoms with Crippen LogP contribution in [0.4, 0.5) is 0 Å². The molecule has 1 atom stereocenters. The Kier molecular flexibility index (Phi) is 4.69. The van der Waals surface area contributed by atoms with Crippen LogP contribution in [0.5, 0.6) is 0 Å². The molecule has 0 radical (unpaired) electrons. The molecule has 4 heteroatoms. The minimum atomic E-state index is -0.842. The summed E-state index contributed by atoms with van der Waals surface area (Å²) in [6, 6.07) is 7.35. The summed E-state index contributed by atoms with van der Waals surface area (Å²) in [5, 5.41) is 8.67. The molecular weight excluding hydrogens is 220 g/mol. The molecule has 1 aromatic rings. The molecule has 0 aliphatic heterocycles. The number of aryl methyl sites for hydroxylation is 1. The Labute approximate surface area is 100 Å². The van der Waals surface area contributed by atoms with Crippen molar-refractivity contribution in [1.29, 1.82) is 0 Å². The molecule has 17 heavy (non-hydrogen) atoms. The molecule has 0 amide bonds. The quantitative estimate of drug-likeness (QED) is 0.794. The van der Waals surface area contributed by atoms with Crippen LogP contribution in [-0.2, 0) is 20.7 Å². The molecule has 0 fully saturated rings. The Hall–Kier alpha value is -1.84. The molecule has 0 aliphatic rings. The lowest BCUT2D eigenvalue weighted by Crippen LogP contribution is -2.13. The van der Waals surface area contributed by atoms with Crippen molar-refractivity contribution in [2.75, 3.05) is 7.11 Å². The zero-order valence-corrected chi connectivity index (χ0v) is 9.97. The number of methoxy groups -OCH3 is 1. The topological polar surface area (TPSA) is 63.6 Å². The largest absolute Gasteiger partial charge is 0.481 e. The zero-order valence-electron chi connectivity index (χ0n) is 9.97. The lowest BCUT2D eigenvalue weighted by Gasteiger charge is -2.13. The number of carbonyl (C=O) groups excluding carboxylic acids is 1. The van der Waals surface area contributed by atoms with Gasteiger partial charge in [0, 0.05) is 6.42 Å². The van der Waals surface area contributed by atoms with Crippen molar-refractivity contribution in [2.24, 2.45) is 0 Å². The standard InChI is InChI=1S/C13H16O4/c1-9(13(16)17-2)11-6-4-3-5-10(11)7-8-12(14)15/h3-6,9H,7-8H2,1-2H3,(H,14,15). The molecule has 1 unspecified atom stereocenters. The Morgan fingerprint density at radius 1 is 1.35 bits per heavy atom. The van der Waals surface area contributed by atoms with E-state index >= 15 is 0 Å². The molecule has 1 aromatic carbocycles. The van der Waals surface area contributed by atoms with Crippen molar-refractivity contribution < 1.29 is 19.4 Å². The first-order valence-electron chi connectivity index (χ1n) is 5.43. The normalized spacial score (nSPS) is 11.9. The number of esters is 1. The second kappa shape index (κ2) is 6.03. The molecule has 92 valence electrons. The van der Waals surface area contributed by atoms with Gasteiger partial charge in [0.25, 0.3) is 0 Å². The monoisotopic (exact) mass is 236 g/mol. The summed E-state index contributed by atoms with van der Waals surface area (Å²) in [4.78, 5) is 22.0. The van der Waals surface area contributed by atoms with Gasteiger partial charge in [0.1, 0.15) is 0 Å². The SMILES string of the molecule is COC(=O)C(C)c1ccccc1CCC(=O)O. The number of benzene rings is 1. The van der Waals surface area contributed by atoms with E-state index in [0.717, 1.165) is 11.1 Å². The summed E-state index contributed by atoms with van der Waals surface area (Å²) >= 11 is 0. The molecule has 0 spiro atoms. The molecule has 0 aliphatic carbocycles. The smallest absolute Gasteiger partial charge is 0.312 e. The Morgan fingerprint density at radius 3 is 2.59 bits per heavy atom. The van der Waals surface area contributed by atoms with Gasteiger partial charge in [-0.3, -0.25) is 9.59 Å². The summed E-state index contributed by atoms with van der Waals surface area (Å²) in [5.74, 6) is -1.52. The van der Waals surface area contributed by atoms with Crippen molar-refractivity contribution in [3.05, 3.63) is 35.4 Å². The van der Waals surface area contributed by atoms with Crippen LogP contribution in [0.1, 0.15) is 30.4 Å². The van der Waals surface area contributed by atoms with Crippen molar-refractivity contribution in [1.82, 2.24) is 0 Å². The molecule has 0 aromatic heterocycles. The third-order valence-corrected chi connectivity index (χ3v) is 2.68. The van der Waals surface area contributed by atoms with E-state index in [9.17, 15) is 9.59 Å². The fourth-order valence-corrected chi connectivity index (χ4v) is 1.73. The predicted octanol–water partition coefficient (Wildman–Crippen LogP) is 1.98. The average Bonchev–Trinajstić information content (AvgIpc) is 2.34. The highest BCUT2D eigenvalue weighted by Crippen LogP contribution is 2.22. The lowest BCUT2D eigenvalue weighted by molar-refractivity contribution is -0.142. The summed E-state index contributed by atoms with van der Waals surface area (Å²) < 4.78 is 4.69. The van der Waals surface area contributed by atoms with Gasteiger partial charge in [-0.15, -0.1) is 0 Å². The van der Waals surface area contributed by atoms with Crippen molar-refractivity contribution in [3.63, 3.8) is 0 Å². The van der Waals surface area contributed by atoms with Crippen LogP contribution < -0.4 is 0 Å². The van der Waals surface area contributed by atoms with Crippen LogP contribution in [-0.4, -0.2) is 24.2 Å². The maximum Gasteiger partial charge on any atom is 0.312 e. The highest BCUT2D eigenvalue weighted by atomic mass is 16.5. The van der Waals surface area contributed by atoms with Gasteiger partial charge in [0.05, 0.1) is 13.0 Å². The molecule has 1 N–H and O–H groups in total. The first kappa shape index (κ1) is 13.2. The van der Waals surface area contributed by atoms with Gasteiger partial charge in [-0.25, -0.2) is 0 Å². The summed E-state index contributed by atoms with van der Waals surface area (Å²) in [6.07, 6.45) is 0.484. The maximum absolute atomic E-state index is 11.5. The van der Waals surface area contributed by atoms with E-state index in [4.69, 9.17) is 9.84 Å². The van der Waals surface area contributed by atoms with Gasteiger partial charge < -0.3 is 9.84 Å². The minimum Gasteiger partial charge on any atom is -0.481 e. The van der Waals surface area contributed by atoms with E-state index in [1.807, 2.05) is 24.3 Å². The number of hydrogen-bond donors (Lipinski definition) is 1. The lowest BCUT2D eigenvalue weighted by atomic mass is 9.93. The number of rotatable bonds is 5. The minimum absolute atomic E-state index is 0.0604. The first-order valence-corrected chi connectivity index (χ1v) is 5.43. The molecule has 0 heterocycles. The first-order chi connectivity index (χ1) is 8.06. The highest BCUT2D eigenvalue weighted by Gasteiger charge is 2.18. The third-order valence-electron chi connectivity index (χ3n) is 2.68. The van der Waals surface area contributed by atoms with E-state index in [2.05, 4.69) is 0 Å². The summed E-state index contributed by atoms with van der Waals surface area (Å²) in [5.41, 5.74) is 1.72. The summed E-state index contributed by atoms with van der Waals surface area (Å²) in [6.45, 7) is 1.76. The van der Waals surface area contributed by atoms with Gasteiger partial charge in [-0.2, -0.15) is 0 Å². The molecule has 4 nitrogen and oxygen atoms in total. The zero-order chi connectivity index (χ0) is 12.8. The van der Waals surface area contributed by atoms with Gasteiger partial charge in [-0.05, 0) is 24.5 Å². The van der Waals surface area contributed by atoms with E-state index in [0.29, 0.717) is 6.42 Å². The molecule has 0 bridgehead atoms. The van der Waals surface area contributed by atoms with Crippen LogP contribution >= 0.6 is 0 Å². The van der Waals surface area contributed by atoms with Gasteiger partial charge >= 0.3 is 11.9 Å². The van der Waals surface area contributed by atoms with Crippen LogP contribution in [0.3, 0.4) is 0 Å². The molecule has 0 saturated carbocycles. The molecular formula is C13H16O4. The number of carboxylic acids is 1. The van der Waals surface area contributed by atoms with Gasteiger partial charge in [-0.1, -0.05) is 24.3 Å². The number of hydrogen-bond acceptors (Lipinski definition) is 3. The van der Waals surface area contributed by atoms with Crippen molar-refractivity contribution >= 4 is 11.9 Å². The number of carboxylic acid groups (broad SMARTS) is 1. The Balaban J connectivity index is 2.90. The van der Waals surface area contributed by atoms with E-state index in [-0.39, 0.29) is 18.3 Å². The van der Waals surface area contributed by atoms with Crippen LogP contribution in [0.15, 0.2) is 24.3 Å². The highest BCUT2D eigenvalue weighted by molar-refractivity contribution is 5.78. The predicted molar refractivity (Wildman–Crippen MR) is 62.8 cm³/mol. The maximum atomic E-state index is 11.5. The fourth-order valence-electron chi connectivity index (χ4n) is 1.73. The summed E-state index contributed by atoms with van der Waals surface area (Å²) in [7, 11) is 1.35.